The monoisotopic (exact) mass is 346 g/mol. The van der Waals surface area contributed by atoms with E-state index in [9.17, 15) is 14.4 Å². The normalized spacial score (nSPS) is 26.0. The lowest BCUT2D eigenvalue weighted by molar-refractivity contribution is -0.150. The second kappa shape index (κ2) is 7.23. The van der Waals surface area contributed by atoms with Crippen LogP contribution in [0.2, 0.25) is 0 Å². The van der Waals surface area contributed by atoms with Gasteiger partial charge in [-0.15, -0.1) is 0 Å². The molecule has 0 aromatic heterocycles. The second-order valence-electron chi connectivity index (χ2n) is 6.26. The number of rotatable bonds is 6. The molecule has 0 saturated carbocycles. The van der Waals surface area contributed by atoms with E-state index in [0.29, 0.717) is 18.6 Å². The van der Waals surface area contributed by atoms with Crippen LogP contribution in [0.5, 0.6) is 0 Å². The molecule has 7 nitrogen and oxygen atoms in total. The highest BCUT2D eigenvalue weighted by atomic mass is 16.6. The van der Waals surface area contributed by atoms with Crippen molar-refractivity contribution < 1.29 is 23.9 Å². The molecule has 0 aliphatic carbocycles. The highest BCUT2D eigenvalue weighted by Crippen LogP contribution is 2.32. The molecule has 0 spiro atoms. The van der Waals surface area contributed by atoms with Gasteiger partial charge in [0, 0.05) is 6.61 Å². The first-order chi connectivity index (χ1) is 12.1. The van der Waals surface area contributed by atoms with Crippen molar-refractivity contribution in [3.05, 3.63) is 35.9 Å². The topological polar surface area (TPSA) is 84.9 Å². The van der Waals surface area contributed by atoms with Crippen LogP contribution < -0.4 is 5.32 Å². The molecule has 2 unspecified atom stereocenters. The van der Waals surface area contributed by atoms with Crippen LogP contribution in [-0.4, -0.2) is 48.7 Å². The maximum atomic E-state index is 12.9. The Balaban J connectivity index is 1.67. The summed E-state index contributed by atoms with van der Waals surface area (Å²) in [5.41, 5.74) is -0.432. The first-order valence-corrected chi connectivity index (χ1v) is 8.53. The van der Waals surface area contributed by atoms with Gasteiger partial charge in [0.05, 0.1) is 6.10 Å². The van der Waals surface area contributed by atoms with Crippen molar-refractivity contribution in [2.45, 2.75) is 37.8 Å². The predicted octanol–water partition coefficient (Wildman–Crippen LogP) is 1.57. The number of amides is 3. The molecular weight excluding hydrogens is 324 g/mol. The Morgan fingerprint density at radius 2 is 2.12 bits per heavy atom. The summed E-state index contributed by atoms with van der Waals surface area (Å²) >= 11 is 0. The lowest BCUT2D eigenvalue weighted by Gasteiger charge is -2.25. The Morgan fingerprint density at radius 1 is 1.36 bits per heavy atom. The van der Waals surface area contributed by atoms with Gasteiger partial charge in [0.15, 0.2) is 0 Å². The smallest absolute Gasteiger partial charge is 0.326 e. The van der Waals surface area contributed by atoms with Crippen molar-refractivity contribution in [1.82, 2.24) is 10.2 Å². The van der Waals surface area contributed by atoms with Gasteiger partial charge in [-0.3, -0.25) is 14.5 Å². The summed E-state index contributed by atoms with van der Waals surface area (Å²) in [6.07, 6.45) is 2.10. The highest BCUT2D eigenvalue weighted by molar-refractivity contribution is 6.09. The van der Waals surface area contributed by atoms with Gasteiger partial charge < -0.3 is 14.8 Å². The Kier molecular flexibility index (Phi) is 5.03. The third-order valence-electron chi connectivity index (χ3n) is 4.71. The Bertz CT molecular complexity index is 657. The number of carbonyl (C=O) groups is 3. The Morgan fingerprint density at radius 3 is 2.76 bits per heavy atom. The first-order valence-electron chi connectivity index (χ1n) is 8.53. The van der Waals surface area contributed by atoms with Crippen molar-refractivity contribution in [2.24, 2.45) is 0 Å². The zero-order chi connectivity index (χ0) is 17.9. The maximum Gasteiger partial charge on any atom is 0.326 e. The van der Waals surface area contributed by atoms with Gasteiger partial charge in [-0.05, 0) is 24.8 Å². The summed E-state index contributed by atoms with van der Waals surface area (Å²) in [7, 11) is 0. The fourth-order valence-electron chi connectivity index (χ4n) is 3.27. The summed E-state index contributed by atoms with van der Waals surface area (Å²) in [6.45, 7) is 2.25. The van der Waals surface area contributed by atoms with Crippen LogP contribution >= 0.6 is 0 Å². The molecule has 1 aromatic carbocycles. The standard InChI is InChI=1S/C18H22N2O5/c1-2-18(13-7-4-3-5-8-13)16(22)20(17(23)19-18)11-15(21)25-12-14-9-6-10-24-14/h3-5,7-8,14H,2,6,9-12H2,1H3,(H,19,23). The van der Waals surface area contributed by atoms with E-state index in [1.165, 1.54) is 0 Å². The average molecular weight is 346 g/mol. The van der Waals surface area contributed by atoms with Crippen LogP contribution in [0.15, 0.2) is 30.3 Å². The number of hydrogen-bond acceptors (Lipinski definition) is 5. The molecule has 1 N–H and O–H groups in total. The minimum atomic E-state index is -1.13. The SMILES string of the molecule is CCC1(c2ccccc2)NC(=O)N(CC(=O)OCC2CCCO2)C1=O. The molecule has 2 heterocycles. The van der Waals surface area contributed by atoms with Gasteiger partial charge in [-0.25, -0.2) is 4.79 Å². The van der Waals surface area contributed by atoms with Crippen LogP contribution in [0.3, 0.4) is 0 Å². The van der Waals surface area contributed by atoms with Crippen LogP contribution in [0, 0.1) is 0 Å². The molecule has 2 aliphatic rings. The number of urea groups is 1. The van der Waals surface area contributed by atoms with Gasteiger partial charge in [0.2, 0.25) is 0 Å². The predicted molar refractivity (Wildman–Crippen MR) is 88.6 cm³/mol. The van der Waals surface area contributed by atoms with Crippen molar-refractivity contribution in [2.75, 3.05) is 19.8 Å². The number of nitrogens with one attached hydrogen (secondary N) is 1. The van der Waals surface area contributed by atoms with E-state index in [0.717, 1.165) is 17.7 Å². The van der Waals surface area contributed by atoms with E-state index in [2.05, 4.69) is 5.32 Å². The molecule has 1 aromatic rings. The number of benzene rings is 1. The fraction of sp³-hybridized carbons (Fsp3) is 0.500. The van der Waals surface area contributed by atoms with E-state index in [4.69, 9.17) is 9.47 Å². The molecule has 2 aliphatic heterocycles. The van der Waals surface area contributed by atoms with Gasteiger partial charge in [-0.2, -0.15) is 0 Å². The molecule has 7 heteroatoms. The molecule has 0 bridgehead atoms. The summed E-state index contributed by atoms with van der Waals surface area (Å²) in [6, 6.07) is 8.47. The minimum absolute atomic E-state index is 0.0916. The lowest BCUT2D eigenvalue weighted by atomic mass is 9.87. The van der Waals surface area contributed by atoms with Crippen molar-refractivity contribution >= 4 is 17.9 Å². The average Bonchev–Trinajstić information content (AvgIpc) is 3.23. The van der Waals surface area contributed by atoms with Crippen molar-refractivity contribution in [1.29, 1.82) is 0 Å². The maximum absolute atomic E-state index is 12.9. The molecule has 25 heavy (non-hydrogen) atoms. The van der Waals surface area contributed by atoms with Crippen LogP contribution in [0.1, 0.15) is 31.7 Å². The molecule has 2 saturated heterocycles. The molecule has 0 radical (unpaired) electrons. The number of imide groups is 1. The summed E-state index contributed by atoms with van der Waals surface area (Å²) in [5, 5.41) is 2.74. The van der Waals surface area contributed by atoms with E-state index in [1.54, 1.807) is 12.1 Å². The number of esters is 1. The molecule has 134 valence electrons. The van der Waals surface area contributed by atoms with E-state index < -0.39 is 30.0 Å². The second-order valence-corrected chi connectivity index (χ2v) is 6.26. The summed E-state index contributed by atoms with van der Waals surface area (Å²) in [4.78, 5) is 38.1. The minimum Gasteiger partial charge on any atom is -0.462 e. The van der Waals surface area contributed by atoms with Crippen LogP contribution in [0.25, 0.3) is 0 Å². The van der Waals surface area contributed by atoms with E-state index in [1.807, 2.05) is 25.1 Å². The fourth-order valence-corrected chi connectivity index (χ4v) is 3.27. The molecular formula is C18H22N2O5. The summed E-state index contributed by atoms with van der Waals surface area (Å²) < 4.78 is 10.5. The summed E-state index contributed by atoms with van der Waals surface area (Å²) in [5.74, 6) is -1.04. The van der Waals surface area contributed by atoms with Crippen LogP contribution in [-0.2, 0) is 24.6 Å². The van der Waals surface area contributed by atoms with Gasteiger partial charge >= 0.3 is 12.0 Å². The Labute approximate surface area is 146 Å². The number of hydrogen-bond donors (Lipinski definition) is 1. The largest absolute Gasteiger partial charge is 0.462 e. The molecule has 3 rings (SSSR count). The van der Waals surface area contributed by atoms with Gasteiger partial charge in [0.25, 0.3) is 5.91 Å². The van der Waals surface area contributed by atoms with E-state index in [-0.39, 0.29) is 12.7 Å². The third kappa shape index (κ3) is 3.37. The highest BCUT2D eigenvalue weighted by Gasteiger charge is 2.51. The third-order valence-corrected chi connectivity index (χ3v) is 4.71. The number of ether oxygens (including phenoxy) is 2. The first kappa shape index (κ1) is 17.4. The van der Waals surface area contributed by atoms with Crippen LogP contribution in [0.4, 0.5) is 4.79 Å². The Hall–Kier alpha value is -2.41. The quantitative estimate of drug-likeness (QED) is 0.624. The molecule has 3 amide bonds. The van der Waals surface area contributed by atoms with E-state index >= 15 is 0 Å². The molecule has 2 fully saturated rings. The van der Waals surface area contributed by atoms with Crippen molar-refractivity contribution in [3.63, 3.8) is 0 Å². The van der Waals surface area contributed by atoms with Crippen molar-refractivity contribution in [3.8, 4) is 0 Å². The van der Waals surface area contributed by atoms with Gasteiger partial charge in [0.1, 0.15) is 18.7 Å². The zero-order valence-corrected chi connectivity index (χ0v) is 14.2. The lowest BCUT2D eigenvalue weighted by Crippen LogP contribution is -2.44. The number of carbonyl (C=O) groups excluding carboxylic acids is 3. The number of nitrogens with zero attached hydrogens (tertiary/aromatic N) is 1. The van der Waals surface area contributed by atoms with Gasteiger partial charge in [-0.1, -0.05) is 37.3 Å². The zero-order valence-electron chi connectivity index (χ0n) is 14.2. The molecule has 2 atom stereocenters.